The molecule has 0 spiro atoms. The van der Waals surface area contributed by atoms with E-state index < -0.39 is 5.54 Å². The van der Waals surface area contributed by atoms with E-state index in [9.17, 15) is 5.26 Å². The minimum atomic E-state index is -0.392. The molecule has 1 unspecified atom stereocenters. The van der Waals surface area contributed by atoms with Gasteiger partial charge in [0.1, 0.15) is 5.54 Å². The number of hydrogen-bond donors (Lipinski definition) is 1. The van der Waals surface area contributed by atoms with Gasteiger partial charge in [-0.1, -0.05) is 18.7 Å². The maximum absolute atomic E-state index is 9.27. The van der Waals surface area contributed by atoms with E-state index in [1.807, 2.05) is 26.8 Å². The highest BCUT2D eigenvalue weighted by Crippen LogP contribution is 2.19. The van der Waals surface area contributed by atoms with Crippen LogP contribution in [0.25, 0.3) is 0 Å². The van der Waals surface area contributed by atoms with Crippen molar-refractivity contribution in [2.45, 2.75) is 64.1 Å². The molecule has 1 aromatic heterocycles. The summed E-state index contributed by atoms with van der Waals surface area (Å²) in [6.45, 7) is 9.00. The molecule has 116 valence electrons. The predicted molar refractivity (Wildman–Crippen MR) is 88.4 cm³/mol. The number of unbranched alkanes of at least 4 members (excludes halogenated alkanes) is 1. The molecule has 0 radical (unpaired) electrons. The summed E-state index contributed by atoms with van der Waals surface area (Å²) < 4.78 is 0. The minimum absolute atomic E-state index is 0.392. The smallest absolute Gasteiger partial charge is 0.187 e. The maximum atomic E-state index is 9.27. The molecule has 5 heteroatoms. The topological polar surface area (TPSA) is 61.6 Å². The molecule has 1 N–H and O–H groups in total. The van der Waals surface area contributed by atoms with E-state index in [2.05, 4.69) is 28.3 Å². The molecule has 0 saturated carbocycles. The van der Waals surface area contributed by atoms with Crippen molar-refractivity contribution in [2.75, 3.05) is 12.3 Å². The van der Waals surface area contributed by atoms with Gasteiger partial charge in [0, 0.05) is 17.1 Å². The third-order valence-electron chi connectivity index (χ3n) is 3.28. The van der Waals surface area contributed by atoms with Gasteiger partial charge in [0.25, 0.3) is 0 Å². The Morgan fingerprint density at radius 2 is 1.95 bits per heavy atom. The fraction of sp³-hybridized carbons (Fsp3) is 0.688. The van der Waals surface area contributed by atoms with Gasteiger partial charge in [-0.2, -0.15) is 5.26 Å². The minimum Gasteiger partial charge on any atom is -0.300 e. The highest BCUT2D eigenvalue weighted by atomic mass is 32.2. The van der Waals surface area contributed by atoms with Gasteiger partial charge >= 0.3 is 0 Å². The number of hydrogen-bond acceptors (Lipinski definition) is 5. The first-order chi connectivity index (χ1) is 9.99. The monoisotopic (exact) mass is 306 g/mol. The number of thioether (sulfide) groups is 1. The van der Waals surface area contributed by atoms with Gasteiger partial charge in [-0.25, -0.2) is 9.97 Å². The average Bonchev–Trinajstić information content (AvgIpc) is 2.44. The fourth-order valence-corrected chi connectivity index (χ4v) is 3.04. The lowest BCUT2D eigenvalue weighted by Crippen LogP contribution is -2.41. The van der Waals surface area contributed by atoms with Crippen LogP contribution in [-0.2, 0) is 0 Å². The van der Waals surface area contributed by atoms with Crippen molar-refractivity contribution in [3.8, 4) is 6.07 Å². The van der Waals surface area contributed by atoms with Crippen LogP contribution in [-0.4, -0.2) is 27.8 Å². The molecule has 0 aromatic carbocycles. The molecule has 0 fully saturated rings. The molecule has 0 aliphatic rings. The number of aromatic nitrogens is 2. The molecule has 4 nitrogen and oxygen atoms in total. The van der Waals surface area contributed by atoms with E-state index in [1.54, 1.807) is 11.8 Å². The molecule has 0 aliphatic carbocycles. The van der Waals surface area contributed by atoms with Crippen LogP contribution < -0.4 is 5.32 Å². The lowest BCUT2D eigenvalue weighted by Gasteiger charge is -2.22. The van der Waals surface area contributed by atoms with Crippen LogP contribution in [0.5, 0.6) is 0 Å². The first kappa shape index (κ1) is 17.9. The van der Waals surface area contributed by atoms with Gasteiger partial charge in [-0.15, -0.1) is 0 Å². The van der Waals surface area contributed by atoms with Gasteiger partial charge in [-0.3, -0.25) is 5.32 Å². The normalized spacial score (nSPS) is 13.7. The Kier molecular flexibility index (Phi) is 7.69. The third-order valence-corrected chi connectivity index (χ3v) is 4.21. The molecule has 1 aromatic rings. The number of aryl methyl sites for hydroxylation is 2. The van der Waals surface area contributed by atoms with E-state index in [4.69, 9.17) is 0 Å². The summed E-state index contributed by atoms with van der Waals surface area (Å²) in [7, 11) is 0. The van der Waals surface area contributed by atoms with Crippen LogP contribution in [0, 0.1) is 25.2 Å². The second kappa shape index (κ2) is 9.01. The highest BCUT2D eigenvalue weighted by molar-refractivity contribution is 7.99. The quantitative estimate of drug-likeness (QED) is 0.429. The van der Waals surface area contributed by atoms with Crippen molar-refractivity contribution in [1.29, 1.82) is 5.26 Å². The Bertz CT molecular complexity index is 463. The number of nitrogens with zero attached hydrogens (tertiary/aromatic N) is 3. The Morgan fingerprint density at radius 3 is 2.52 bits per heavy atom. The molecular formula is C16H26N4S. The zero-order chi connectivity index (χ0) is 15.7. The van der Waals surface area contributed by atoms with Crippen LogP contribution in [0.1, 0.15) is 50.9 Å². The second-order valence-electron chi connectivity index (χ2n) is 5.61. The van der Waals surface area contributed by atoms with Crippen LogP contribution in [0.3, 0.4) is 0 Å². The Labute approximate surface area is 132 Å². The summed E-state index contributed by atoms with van der Waals surface area (Å²) in [5, 5.41) is 13.5. The Hall–Kier alpha value is -1.12. The van der Waals surface area contributed by atoms with Gasteiger partial charge in [0.2, 0.25) is 0 Å². The SMILES string of the molecule is CCCNC(C)(C#N)CCCCSc1nc(C)cc(C)n1. The average molecular weight is 306 g/mol. The molecule has 1 heterocycles. The lowest BCUT2D eigenvalue weighted by atomic mass is 9.96. The van der Waals surface area contributed by atoms with Gasteiger partial charge in [-0.05, 0) is 59.1 Å². The summed E-state index contributed by atoms with van der Waals surface area (Å²) >= 11 is 1.70. The van der Waals surface area contributed by atoms with E-state index in [0.717, 1.165) is 54.5 Å². The van der Waals surface area contributed by atoms with Crippen molar-refractivity contribution in [3.05, 3.63) is 17.5 Å². The van der Waals surface area contributed by atoms with Gasteiger partial charge in [0.15, 0.2) is 5.16 Å². The molecule has 1 rings (SSSR count). The summed E-state index contributed by atoms with van der Waals surface area (Å²) in [5.74, 6) is 0.998. The summed E-state index contributed by atoms with van der Waals surface area (Å²) in [6.07, 6.45) is 4.06. The molecule has 0 saturated heterocycles. The van der Waals surface area contributed by atoms with Gasteiger partial charge < -0.3 is 0 Å². The van der Waals surface area contributed by atoms with E-state index in [-0.39, 0.29) is 0 Å². The van der Waals surface area contributed by atoms with Crippen LogP contribution in [0.15, 0.2) is 11.2 Å². The molecule has 1 atom stereocenters. The van der Waals surface area contributed by atoms with Crippen molar-refractivity contribution >= 4 is 11.8 Å². The fourth-order valence-electron chi connectivity index (χ4n) is 2.09. The second-order valence-corrected chi connectivity index (χ2v) is 6.67. The zero-order valence-corrected chi connectivity index (χ0v) is 14.4. The van der Waals surface area contributed by atoms with E-state index in [1.165, 1.54) is 0 Å². The van der Waals surface area contributed by atoms with Crippen molar-refractivity contribution in [1.82, 2.24) is 15.3 Å². The number of nitrogens with one attached hydrogen (secondary N) is 1. The van der Waals surface area contributed by atoms with Gasteiger partial charge in [0.05, 0.1) is 6.07 Å². The largest absolute Gasteiger partial charge is 0.300 e. The maximum Gasteiger partial charge on any atom is 0.187 e. The van der Waals surface area contributed by atoms with E-state index >= 15 is 0 Å². The van der Waals surface area contributed by atoms with Crippen molar-refractivity contribution < 1.29 is 0 Å². The molecule has 0 aliphatic heterocycles. The third kappa shape index (κ3) is 6.92. The Morgan fingerprint density at radius 1 is 1.29 bits per heavy atom. The Balaban J connectivity index is 2.29. The van der Waals surface area contributed by atoms with E-state index in [0.29, 0.717) is 0 Å². The van der Waals surface area contributed by atoms with Crippen molar-refractivity contribution in [3.63, 3.8) is 0 Å². The number of nitriles is 1. The van der Waals surface area contributed by atoms with Crippen LogP contribution in [0.2, 0.25) is 0 Å². The summed E-state index contributed by atoms with van der Waals surface area (Å²) in [6, 6.07) is 4.38. The first-order valence-electron chi connectivity index (χ1n) is 7.60. The van der Waals surface area contributed by atoms with Crippen LogP contribution >= 0.6 is 11.8 Å². The standard InChI is InChI=1S/C16H26N4S/c1-5-9-18-16(4,12-17)8-6-7-10-21-15-19-13(2)11-14(3)20-15/h11,18H,5-10H2,1-4H3. The zero-order valence-electron chi connectivity index (χ0n) is 13.6. The summed E-state index contributed by atoms with van der Waals surface area (Å²) in [4.78, 5) is 8.85. The first-order valence-corrected chi connectivity index (χ1v) is 8.59. The molecular weight excluding hydrogens is 280 g/mol. The summed E-state index contributed by atoms with van der Waals surface area (Å²) in [5.41, 5.74) is 1.65. The number of rotatable bonds is 9. The van der Waals surface area contributed by atoms with Crippen LogP contribution in [0.4, 0.5) is 0 Å². The lowest BCUT2D eigenvalue weighted by molar-refractivity contribution is 0.406. The van der Waals surface area contributed by atoms with Crippen molar-refractivity contribution in [2.24, 2.45) is 0 Å². The molecule has 0 bridgehead atoms. The molecule has 0 amide bonds. The predicted octanol–water partition coefficient (Wildman–Crippen LogP) is 3.64. The highest BCUT2D eigenvalue weighted by Gasteiger charge is 2.21. The molecule has 21 heavy (non-hydrogen) atoms.